The molecule has 5 heteroatoms. The first kappa shape index (κ1) is 67.1. The molecular weight excluding hydrogens is 861 g/mol. The Morgan fingerprint density at radius 3 is 1.07 bits per heavy atom. The summed E-state index contributed by atoms with van der Waals surface area (Å²) < 4.78 is 17.5. The highest BCUT2D eigenvalue weighted by atomic mass is 16.6. The molecule has 0 bridgehead atoms. The molecule has 1 unspecified atom stereocenters. The largest absolute Gasteiger partial charge is 0.462 e. The van der Waals surface area contributed by atoms with Crippen LogP contribution in [0.1, 0.15) is 290 Å². The summed E-state index contributed by atoms with van der Waals surface area (Å²) in [5.74, 6) is -0.427. The third kappa shape index (κ3) is 57.7. The van der Waals surface area contributed by atoms with Gasteiger partial charge in [0.15, 0.2) is 6.10 Å². The lowest BCUT2D eigenvalue weighted by molar-refractivity contribution is -0.163. The molecule has 0 saturated carbocycles. The first-order valence-corrected chi connectivity index (χ1v) is 30.1. The molecule has 404 valence electrons. The first-order valence-electron chi connectivity index (χ1n) is 30.1. The lowest BCUT2D eigenvalue weighted by Crippen LogP contribution is -2.30. The number of hydrogen-bond acceptors (Lipinski definition) is 5. The van der Waals surface area contributed by atoms with E-state index in [-0.39, 0.29) is 25.2 Å². The quantitative estimate of drug-likeness (QED) is 0.0345. The van der Waals surface area contributed by atoms with Crippen molar-refractivity contribution in [3.63, 3.8) is 0 Å². The zero-order chi connectivity index (χ0) is 50.6. The van der Waals surface area contributed by atoms with Crippen LogP contribution in [0.2, 0.25) is 0 Å². The molecule has 5 nitrogen and oxygen atoms in total. The van der Waals surface area contributed by atoms with Crippen LogP contribution in [0.4, 0.5) is 0 Å². The maximum atomic E-state index is 12.9. The first-order chi connectivity index (χ1) is 34.6. The van der Waals surface area contributed by atoms with Gasteiger partial charge >= 0.3 is 11.9 Å². The van der Waals surface area contributed by atoms with Crippen LogP contribution in [0.15, 0.2) is 85.1 Å². The van der Waals surface area contributed by atoms with Gasteiger partial charge in [0.1, 0.15) is 6.61 Å². The minimum absolute atomic E-state index is 0.0651. The number of rotatable bonds is 55. The zero-order valence-corrected chi connectivity index (χ0v) is 46.5. The minimum Gasteiger partial charge on any atom is -0.462 e. The van der Waals surface area contributed by atoms with E-state index in [1.807, 2.05) is 0 Å². The SMILES string of the molecule is CC/C=C\C/C=C\C/C=C\C/C=C\C/C=C\CCCCCC(=O)OCC(COCCCCCCCCCC/C=C\C/C=C\CCCCC)OC(=O)CCCCCCCCCCCCCCCCCCC. The van der Waals surface area contributed by atoms with Crippen LogP contribution < -0.4 is 0 Å². The predicted molar refractivity (Wildman–Crippen MR) is 307 cm³/mol. The van der Waals surface area contributed by atoms with Gasteiger partial charge in [0.25, 0.3) is 0 Å². The molecule has 0 rings (SSSR count). The molecule has 0 spiro atoms. The molecule has 0 radical (unpaired) electrons. The molecule has 0 aromatic carbocycles. The maximum absolute atomic E-state index is 12.9. The summed E-state index contributed by atoms with van der Waals surface area (Å²) in [6, 6.07) is 0. The number of carbonyl (C=O) groups excluding carboxylic acids is 2. The Morgan fingerprint density at radius 1 is 0.329 bits per heavy atom. The number of allylic oxidation sites excluding steroid dienone is 14. The fourth-order valence-electron chi connectivity index (χ4n) is 8.45. The van der Waals surface area contributed by atoms with Crippen molar-refractivity contribution in [2.75, 3.05) is 19.8 Å². The summed E-state index contributed by atoms with van der Waals surface area (Å²) in [5.41, 5.74) is 0. The van der Waals surface area contributed by atoms with Crippen molar-refractivity contribution in [1.29, 1.82) is 0 Å². The Hall–Kier alpha value is -2.92. The van der Waals surface area contributed by atoms with E-state index in [0.717, 1.165) is 89.9 Å². The number of carbonyl (C=O) groups is 2. The van der Waals surface area contributed by atoms with Crippen molar-refractivity contribution >= 4 is 11.9 Å². The molecule has 0 saturated heterocycles. The second-order valence-electron chi connectivity index (χ2n) is 19.9. The summed E-state index contributed by atoms with van der Waals surface area (Å²) >= 11 is 0. The predicted octanol–water partition coefficient (Wildman–Crippen LogP) is 20.8. The molecule has 1 atom stereocenters. The second-order valence-corrected chi connectivity index (χ2v) is 19.9. The smallest absolute Gasteiger partial charge is 0.306 e. The summed E-state index contributed by atoms with van der Waals surface area (Å²) in [6.07, 6.45) is 80.4. The maximum Gasteiger partial charge on any atom is 0.306 e. The van der Waals surface area contributed by atoms with Gasteiger partial charge in [0.2, 0.25) is 0 Å². The van der Waals surface area contributed by atoms with Crippen LogP contribution in [-0.2, 0) is 23.8 Å². The van der Waals surface area contributed by atoms with E-state index < -0.39 is 6.10 Å². The minimum atomic E-state index is -0.556. The van der Waals surface area contributed by atoms with E-state index in [4.69, 9.17) is 14.2 Å². The monoisotopic (exact) mass is 975 g/mol. The molecule has 0 amide bonds. The van der Waals surface area contributed by atoms with E-state index >= 15 is 0 Å². The van der Waals surface area contributed by atoms with Gasteiger partial charge in [0.05, 0.1) is 6.61 Å². The average molecular weight is 976 g/mol. The summed E-state index contributed by atoms with van der Waals surface area (Å²) in [6.45, 7) is 7.68. The third-order valence-electron chi connectivity index (χ3n) is 12.9. The summed E-state index contributed by atoms with van der Waals surface area (Å²) in [4.78, 5) is 25.6. The van der Waals surface area contributed by atoms with E-state index in [0.29, 0.717) is 19.4 Å². The highest BCUT2D eigenvalue weighted by molar-refractivity contribution is 5.70. The molecular formula is C65H114O5. The Balaban J connectivity index is 4.34. The van der Waals surface area contributed by atoms with Crippen molar-refractivity contribution in [1.82, 2.24) is 0 Å². The van der Waals surface area contributed by atoms with Crippen molar-refractivity contribution in [3.05, 3.63) is 85.1 Å². The molecule has 0 aliphatic heterocycles. The van der Waals surface area contributed by atoms with Crippen molar-refractivity contribution < 1.29 is 23.8 Å². The highest BCUT2D eigenvalue weighted by Crippen LogP contribution is 2.16. The van der Waals surface area contributed by atoms with Gasteiger partial charge in [-0.05, 0) is 96.3 Å². The van der Waals surface area contributed by atoms with Gasteiger partial charge in [-0.25, -0.2) is 0 Å². The zero-order valence-electron chi connectivity index (χ0n) is 46.5. The molecule has 0 aliphatic rings. The molecule has 0 aliphatic carbocycles. The number of hydrogen-bond donors (Lipinski definition) is 0. The van der Waals surface area contributed by atoms with E-state index in [1.54, 1.807) is 0 Å². The van der Waals surface area contributed by atoms with Gasteiger partial charge in [-0.15, -0.1) is 0 Å². The van der Waals surface area contributed by atoms with Gasteiger partial charge in [0, 0.05) is 19.4 Å². The van der Waals surface area contributed by atoms with Crippen LogP contribution in [-0.4, -0.2) is 37.9 Å². The Bertz CT molecular complexity index is 1290. The van der Waals surface area contributed by atoms with Crippen LogP contribution in [0, 0.1) is 0 Å². The fraction of sp³-hybridized carbons (Fsp3) is 0.754. The Labute approximate surface area is 435 Å². The fourth-order valence-corrected chi connectivity index (χ4v) is 8.45. The van der Waals surface area contributed by atoms with Gasteiger partial charge in [-0.1, -0.05) is 266 Å². The van der Waals surface area contributed by atoms with Crippen LogP contribution in [0.5, 0.6) is 0 Å². The number of unbranched alkanes of at least 4 members (excludes halogenated alkanes) is 30. The standard InChI is InChI=1S/C65H114O5/c1-4-7-10-13-16-19-22-25-28-31-33-35-37-40-43-46-49-52-55-58-64(66)69-62-63(61-68-60-57-54-51-48-45-42-39-36-32-29-26-23-20-17-14-11-8-5-2)70-65(67)59-56-53-50-47-44-41-38-34-30-27-24-21-18-15-12-9-6-3/h7,10,16-17,19-20,25-26,28-29,33,35,40,43,63H,4-6,8-9,11-15,18,21-24,27,30-32,34,36-39,41-42,44-62H2,1-3H3/b10-7-,19-16-,20-17-,28-25-,29-26-,35-33-,43-40-. The van der Waals surface area contributed by atoms with Crippen LogP contribution >= 0.6 is 0 Å². The topological polar surface area (TPSA) is 61.8 Å². The van der Waals surface area contributed by atoms with E-state index in [9.17, 15) is 9.59 Å². The highest BCUT2D eigenvalue weighted by Gasteiger charge is 2.17. The molecule has 0 aromatic heterocycles. The van der Waals surface area contributed by atoms with Gasteiger partial charge < -0.3 is 14.2 Å². The van der Waals surface area contributed by atoms with Crippen molar-refractivity contribution in [2.24, 2.45) is 0 Å². The van der Waals surface area contributed by atoms with Crippen molar-refractivity contribution in [2.45, 2.75) is 297 Å². The Kier molecular flexibility index (Phi) is 57.9. The summed E-state index contributed by atoms with van der Waals surface area (Å²) in [5, 5.41) is 0. The van der Waals surface area contributed by atoms with Crippen molar-refractivity contribution in [3.8, 4) is 0 Å². The summed E-state index contributed by atoms with van der Waals surface area (Å²) in [7, 11) is 0. The molecule has 70 heavy (non-hydrogen) atoms. The molecule has 0 heterocycles. The molecule has 0 N–H and O–H groups in total. The lowest BCUT2D eigenvalue weighted by atomic mass is 10.0. The number of ether oxygens (including phenoxy) is 3. The Morgan fingerprint density at radius 2 is 0.643 bits per heavy atom. The van der Waals surface area contributed by atoms with E-state index in [2.05, 4.69) is 106 Å². The third-order valence-corrected chi connectivity index (χ3v) is 12.9. The van der Waals surface area contributed by atoms with Gasteiger partial charge in [-0.2, -0.15) is 0 Å². The van der Waals surface area contributed by atoms with E-state index in [1.165, 1.54) is 167 Å². The average Bonchev–Trinajstić information content (AvgIpc) is 3.36. The molecule has 0 aromatic rings. The molecule has 0 fully saturated rings. The lowest BCUT2D eigenvalue weighted by Gasteiger charge is -2.18. The van der Waals surface area contributed by atoms with Crippen LogP contribution in [0.25, 0.3) is 0 Å². The number of esters is 2. The van der Waals surface area contributed by atoms with Gasteiger partial charge in [-0.3, -0.25) is 9.59 Å². The normalized spacial score (nSPS) is 12.8. The van der Waals surface area contributed by atoms with Crippen LogP contribution in [0.3, 0.4) is 0 Å². The second kappa shape index (κ2) is 60.4.